The van der Waals surface area contributed by atoms with Crippen molar-refractivity contribution in [2.75, 3.05) is 0 Å². The maximum Gasteiger partial charge on any atom is 0.123 e. The minimum atomic E-state index is -0.193. The van der Waals surface area contributed by atoms with Crippen molar-refractivity contribution in [1.82, 2.24) is 10.3 Å². The summed E-state index contributed by atoms with van der Waals surface area (Å²) in [5.41, 5.74) is 2.31. The highest BCUT2D eigenvalue weighted by molar-refractivity contribution is 5.19. The summed E-state index contributed by atoms with van der Waals surface area (Å²) in [6.45, 7) is 2.88. The van der Waals surface area contributed by atoms with E-state index in [1.165, 1.54) is 17.7 Å². The van der Waals surface area contributed by atoms with Crippen LogP contribution in [0.4, 0.5) is 4.39 Å². The molecular weight excluding hydrogens is 203 g/mol. The lowest BCUT2D eigenvalue weighted by Crippen LogP contribution is -2.17. The number of nitrogens with one attached hydrogen (secondary N) is 2. The molecule has 0 spiro atoms. The maximum atomic E-state index is 12.7. The molecule has 1 aromatic heterocycles. The number of hydrogen-bond acceptors (Lipinski definition) is 1. The number of benzene rings is 1. The standard InChI is InChI=1S/C13H15FN2/c1-10(12-2-4-13(14)5-3-12)16-9-11-6-7-15-8-11/h2-8,10,15-16H,9H2,1H3/t10-/m0/s1. The first-order valence-corrected chi connectivity index (χ1v) is 5.36. The number of hydrogen-bond donors (Lipinski definition) is 2. The summed E-state index contributed by atoms with van der Waals surface area (Å²) in [7, 11) is 0. The number of aromatic nitrogens is 1. The van der Waals surface area contributed by atoms with Crippen molar-refractivity contribution in [3.05, 3.63) is 59.7 Å². The van der Waals surface area contributed by atoms with Crippen molar-refractivity contribution in [2.24, 2.45) is 0 Å². The second kappa shape index (κ2) is 4.94. The quantitative estimate of drug-likeness (QED) is 0.811. The summed E-state index contributed by atoms with van der Waals surface area (Å²) in [4.78, 5) is 3.01. The van der Waals surface area contributed by atoms with Crippen LogP contribution in [0.15, 0.2) is 42.7 Å². The van der Waals surface area contributed by atoms with Crippen molar-refractivity contribution in [3.8, 4) is 0 Å². The van der Waals surface area contributed by atoms with Gasteiger partial charge in [-0.3, -0.25) is 0 Å². The second-order valence-corrected chi connectivity index (χ2v) is 3.87. The molecule has 0 aliphatic carbocycles. The summed E-state index contributed by atoms with van der Waals surface area (Å²) in [6, 6.07) is 8.85. The summed E-state index contributed by atoms with van der Waals surface area (Å²) >= 11 is 0. The lowest BCUT2D eigenvalue weighted by Gasteiger charge is -2.13. The zero-order valence-corrected chi connectivity index (χ0v) is 9.20. The van der Waals surface area contributed by atoms with Gasteiger partial charge in [0.25, 0.3) is 0 Å². The van der Waals surface area contributed by atoms with E-state index >= 15 is 0 Å². The molecule has 0 unspecified atom stereocenters. The van der Waals surface area contributed by atoms with E-state index in [1.807, 2.05) is 30.6 Å². The molecule has 0 saturated heterocycles. The van der Waals surface area contributed by atoms with Crippen molar-refractivity contribution >= 4 is 0 Å². The largest absolute Gasteiger partial charge is 0.367 e. The molecule has 0 fully saturated rings. The van der Waals surface area contributed by atoms with Gasteiger partial charge in [0.05, 0.1) is 0 Å². The normalized spacial score (nSPS) is 12.6. The van der Waals surface area contributed by atoms with Crippen LogP contribution in [0.5, 0.6) is 0 Å². The van der Waals surface area contributed by atoms with Crippen LogP contribution in [0.25, 0.3) is 0 Å². The number of halogens is 1. The van der Waals surface area contributed by atoms with Gasteiger partial charge in [-0.25, -0.2) is 4.39 Å². The molecule has 2 N–H and O–H groups in total. The van der Waals surface area contributed by atoms with Gasteiger partial charge in [0.15, 0.2) is 0 Å². The van der Waals surface area contributed by atoms with Gasteiger partial charge in [-0.05, 0) is 36.2 Å². The van der Waals surface area contributed by atoms with Gasteiger partial charge in [-0.2, -0.15) is 0 Å². The van der Waals surface area contributed by atoms with Crippen LogP contribution in [0.2, 0.25) is 0 Å². The van der Waals surface area contributed by atoms with Crippen LogP contribution in [-0.2, 0) is 6.54 Å². The van der Waals surface area contributed by atoms with Gasteiger partial charge in [0, 0.05) is 25.0 Å². The Hall–Kier alpha value is -1.61. The summed E-state index contributed by atoms with van der Waals surface area (Å²) in [6.07, 6.45) is 3.87. The zero-order valence-electron chi connectivity index (χ0n) is 9.20. The average molecular weight is 218 g/mol. The predicted octanol–water partition coefficient (Wildman–Crippen LogP) is 3.00. The molecule has 1 atom stereocenters. The topological polar surface area (TPSA) is 27.8 Å². The fraction of sp³-hybridized carbons (Fsp3) is 0.231. The van der Waals surface area contributed by atoms with Crippen LogP contribution >= 0.6 is 0 Å². The van der Waals surface area contributed by atoms with E-state index in [9.17, 15) is 4.39 Å². The van der Waals surface area contributed by atoms with Gasteiger partial charge < -0.3 is 10.3 Å². The fourth-order valence-corrected chi connectivity index (χ4v) is 1.61. The summed E-state index contributed by atoms with van der Waals surface area (Å²) in [5, 5.41) is 3.38. The van der Waals surface area contributed by atoms with E-state index in [0.717, 1.165) is 12.1 Å². The van der Waals surface area contributed by atoms with Crippen LogP contribution in [-0.4, -0.2) is 4.98 Å². The molecule has 0 aliphatic rings. The van der Waals surface area contributed by atoms with Gasteiger partial charge in [0.2, 0.25) is 0 Å². The molecule has 3 heteroatoms. The first-order chi connectivity index (χ1) is 7.75. The predicted molar refractivity (Wildman–Crippen MR) is 62.4 cm³/mol. The molecular formula is C13H15FN2. The Bertz CT molecular complexity index is 420. The highest BCUT2D eigenvalue weighted by Gasteiger charge is 2.04. The van der Waals surface area contributed by atoms with Gasteiger partial charge in [-0.1, -0.05) is 12.1 Å². The van der Waals surface area contributed by atoms with Crippen molar-refractivity contribution in [1.29, 1.82) is 0 Å². The lowest BCUT2D eigenvalue weighted by molar-refractivity contribution is 0.571. The monoisotopic (exact) mass is 218 g/mol. The molecule has 2 nitrogen and oxygen atoms in total. The third kappa shape index (κ3) is 2.70. The Balaban J connectivity index is 1.93. The van der Waals surface area contributed by atoms with E-state index in [2.05, 4.69) is 17.2 Å². The molecule has 0 amide bonds. The van der Waals surface area contributed by atoms with Crippen molar-refractivity contribution in [2.45, 2.75) is 19.5 Å². The smallest absolute Gasteiger partial charge is 0.123 e. The average Bonchev–Trinajstić information content (AvgIpc) is 2.80. The van der Waals surface area contributed by atoms with Crippen LogP contribution in [0.3, 0.4) is 0 Å². The molecule has 2 aromatic rings. The van der Waals surface area contributed by atoms with E-state index < -0.39 is 0 Å². The molecule has 1 aromatic carbocycles. The van der Waals surface area contributed by atoms with Crippen molar-refractivity contribution < 1.29 is 4.39 Å². The van der Waals surface area contributed by atoms with Crippen LogP contribution < -0.4 is 5.32 Å². The number of H-pyrrole nitrogens is 1. The maximum absolute atomic E-state index is 12.7. The van der Waals surface area contributed by atoms with Crippen LogP contribution in [0, 0.1) is 5.82 Å². The Labute approximate surface area is 94.5 Å². The molecule has 84 valence electrons. The molecule has 0 aliphatic heterocycles. The lowest BCUT2D eigenvalue weighted by atomic mass is 10.1. The van der Waals surface area contributed by atoms with Gasteiger partial charge >= 0.3 is 0 Å². The van der Waals surface area contributed by atoms with E-state index in [-0.39, 0.29) is 11.9 Å². The molecule has 0 saturated carbocycles. The van der Waals surface area contributed by atoms with Crippen LogP contribution in [0.1, 0.15) is 24.1 Å². The third-order valence-electron chi connectivity index (χ3n) is 2.64. The van der Waals surface area contributed by atoms with Crippen molar-refractivity contribution in [3.63, 3.8) is 0 Å². The van der Waals surface area contributed by atoms with E-state index in [0.29, 0.717) is 0 Å². The molecule has 16 heavy (non-hydrogen) atoms. The minimum Gasteiger partial charge on any atom is -0.367 e. The highest BCUT2D eigenvalue weighted by atomic mass is 19.1. The summed E-state index contributed by atoms with van der Waals surface area (Å²) < 4.78 is 12.7. The second-order valence-electron chi connectivity index (χ2n) is 3.87. The summed E-state index contributed by atoms with van der Waals surface area (Å²) in [5.74, 6) is -0.193. The fourth-order valence-electron chi connectivity index (χ4n) is 1.61. The van der Waals surface area contributed by atoms with Gasteiger partial charge in [-0.15, -0.1) is 0 Å². The Morgan fingerprint density at radius 1 is 1.25 bits per heavy atom. The number of aromatic amines is 1. The Kier molecular flexibility index (Phi) is 3.37. The SMILES string of the molecule is C[C@H](NCc1cc[nH]c1)c1ccc(F)cc1. The Morgan fingerprint density at radius 3 is 2.62 bits per heavy atom. The third-order valence-corrected chi connectivity index (χ3v) is 2.64. The molecule has 0 radical (unpaired) electrons. The number of rotatable bonds is 4. The molecule has 0 bridgehead atoms. The van der Waals surface area contributed by atoms with Gasteiger partial charge in [0.1, 0.15) is 5.82 Å². The highest BCUT2D eigenvalue weighted by Crippen LogP contribution is 2.13. The first kappa shape index (κ1) is 10.9. The van der Waals surface area contributed by atoms with E-state index in [1.54, 1.807) is 0 Å². The molecule has 2 rings (SSSR count). The zero-order chi connectivity index (χ0) is 11.4. The minimum absolute atomic E-state index is 0.193. The molecule has 1 heterocycles. The van der Waals surface area contributed by atoms with E-state index in [4.69, 9.17) is 0 Å². The first-order valence-electron chi connectivity index (χ1n) is 5.36. The Morgan fingerprint density at radius 2 is 2.00 bits per heavy atom.